The van der Waals surface area contributed by atoms with E-state index in [2.05, 4.69) is 10.3 Å². The van der Waals surface area contributed by atoms with Gasteiger partial charge in [-0.1, -0.05) is 23.2 Å². The van der Waals surface area contributed by atoms with Gasteiger partial charge in [-0.3, -0.25) is 4.79 Å². The van der Waals surface area contributed by atoms with Crippen LogP contribution in [-0.2, 0) is 4.79 Å². The molecule has 1 aliphatic rings. The Hall–Kier alpha value is -2.15. The number of carbonyl (C=O) groups is 1. The summed E-state index contributed by atoms with van der Waals surface area (Å²) in [4.78, 5) is 17.1. The second-order valence-corrected chi connectivity index (χ2v) is 7.06. The Kier molecular flexibility index (Phi) is 5.76. The summed E-state index contributed by atoms with van der Waals surface area (Å²) in [6.45, 7) is 0. The summed E-state index contributed by atoms with van der Waals surface area (Å²) in [5, 5.41) is 4.10. The molecular weight excluding hydrogens is 395 g/mol. The van der Waals surface area contributed by atoms with Crippen molar-refractivity contribution in [2.45, 2.75) is 0 Å². The fourth-order valence-electron chi connectivity index (χ4n) is 2.25. The third-order valence-electron chi connectivity index (χ3n) is 3.50. The van der Waals surface area contributed by atoms with Gasteiger partial charge in [0.25, 0.3) is 5.91 Å². The number of carbonyl (C=O) groups excluding carboxylic acids is 1. The predicted octanol–water partition coefficient (Wildman–Crippen LogP) is 4.90. The summed E-state index contributed by atoms with van der Waals surface area (Å²) in [5.74, 6) is 1.05. The van der Waals surface area contributed by atoms with E-state index in [4.69, 9.17) is 32.7 Å². The molecule has 8 heteroatoms. The maximum Gasteiger partial charge on any atom is 0.264 e. The van der Waals surface area contributed by atoms with Gasteiger partial charge < -0.3 is 14.8 Å². The van der Waals surface area contributed by atoms with Crippen molar-refractivity contribution in [1.82, 2.24) is 5.32 Å². The summed E-state index contributed by atoms with van der Waals surface area (Å²) < 4.78 is 10.6. The van der Waals surface area contributed by atoms with Crippen LogP contribution in [0.1, 0.15) is 5.56 Å². The smallest absolute Gasteiger partial charge is 0.264 e. The minimum absolute atomic E-state index is 0.253. The lowest BCUT2D eigenvalue weighted by Gasteiger charge is -2.07. The molecule has 2 aromatic rings. The van der Waals surface area contributed by atoms with Crippen molar-refractivity contribution in [1.29, 1.82) is 0 Å². The van der Waals surface area contributed by atoms with Crippen LogP contribution in [0.5, 0.6) is 11.5 Å². The van der Waals surface area contributed by atoms with E-state index in [-0.39, 0.29) is 5.91 Å². The minimum Gasteiger partial charge on any atom is -0.497 e. The summed E-state index contributed by atoms with van der Waals surface area (Å²) in [7, 11) is 3.15. The highest BCUT2D eigenvalue weighted by Crippen LogP contribution is 2.34. The van der Waals surface area contributed by atoms with Crippen LogP contribution in [0.4, 0.5) is 5.69 Å². The number of hydrogen-bond acceptors (Lipinski definition) is 5. The van der Waals surface area contributed by atoms with E-state index in [1.165, 1.54) is 11.8 Å². The number of nitrogens with one attached hydrogen (secondary N) is 1. The van der Waals surface area contributed by atoms with Crippen LogP contribution in [0.3, 0.4) is 0 Å². The fourth-order valence-corrected chi connectivity index (χ4v) is 3.41. The van der Waals surface area contributed by atoms with Crippen LogP contribution in [0.15, 0.2) is 46.3 Å². The molecule has 26 heavy (non-hydrogen) atoms. The average Bonchev–Trinajstić information content (AvgIpc) is 2.97. The van der Waals surface area contributed by atoms with Crippen molar-refractivity contribution in [3.05, 3.63) is 56.9 Å². The predicted molar refractivity (Wildman–Crippen MR) is 107 cm³/mol. The first kappa shape index (κ1) is 18.6. The number of halogens is 2. The van der Waals surface area contributed by atoms with Crippen LogP contribution in [0.2, 0.25) is 10.0 Å². The maximum absolute atomic E-state index is 12.3. The highest BCUT2D eigenvalue weighted by atomic mass is 35.5. The molecule has 5 nitrogen and oxygen atoms in total. The summed E-state index contributed by atoms with van der Waals surface area (Å²) in [5.41, 5.74) is 1.22. The van der Waals surface area contributed by atoms with Crippen LogP contribution < -0.4 is 14.8 Å². The second-order valence-electron chi connectivity index (χ2n) is 5.19. The average molecular weight is 409 g/mol. The van der Waals surface area contributed by atoms with E-state index >= 15 is 0 Å². The number of aliphatic imine (C=N–C) groups is 1. The SMILES string of the molecule is COc1ccc(OC)c(/C=C2/SC(=Nc3cc(Cl)ccc3Cl)NC2=O)c1. The highest BCUT2D eigenvalue weighted by molar-refractivity contribution is 8.18. The number of hydrogen-bond donors (Lipinski definition) is 1. The molecule has 0 aromatic heterocycles. The van der Waals surface area contributed by atoms with E-state index in [0.29, 0.717) is 37.3 Å². The molecule has 1 saturated heterocycles. The molecule has 1 amide bonds. The number of amides is 1. The van der Waals surface area contributed by atoms with Gasteiger partial charge in [0.2, 0.25) is 0 Å². The number of ether oxygens (including phenoxy) is 2. The number of nitrogens with zero attached hydrogens (tertiary/aromatic N) is 1. The molecule has 134 valence electrons. The third-order valence-corrected chi connectivity index (χ3v) is 4.97. The summed E-state index contributed by atoms with van der Waals surface area (Å²) in [6, 6.07) is 10.3. The molecule has 0 atom stereocenters. The Balaban J connectivity index is 1.92. The molecule has 2 aromatic carbocycles. The Labute approximate surface area is 165 Å². The first-order chi connectivity index (χ1) is 12.5. The zero-order valence-electron chi connectivity index (χ0n) is 13.9. The molecule has 1 aliphatic heterocycles. The van der Waals surface area contributed by atoms with Gasteiger partial charge in [0.05, 0.1) is 29.8 Å². The van der Waals surface area contributed by atoms with Crippen LogP contribution in [0, 0.1) is 0 Å². The van der Waals surface area contributed by atoms with Crippen molar-refractivity contribution in [2.24, 2.45) is 4.99 Å². The third kappa shape index (κ3) is 4.15. The number of methoxy groups -OCH3 is 2. The monoisotopic (exact) mass is 408 g/mol. The van der Waals surface area contributed by atoms with E-state index in [1.54, 1.807) is 56.7 Å². The lowest BCUT2D eigenvalue weighted by molar-refractivity contribution is -0.115. The van der Waals surface area contributed by atoms with Crippen molar-refractivity contribution < 1.29 is 14.3 Å². The Morgan fingerprint density at radius 3 is 2.65 bits per heavy atom. The highest BCUT2D eigenvalue weighted by Gasteiger charge is 2.24. The largest absolute Gasteiger partial charge is 0.497 e. The van der Waals surface area contributed by atoms with Gasteiger partial charge in [0.1, 0.15) is 11.5 Å². The fraction of sp³-hybridized carbons (Fsp3) is 0.111. The van der Waals surface area contributed by atoms with E-state index in [0.717, 1.165) is 5.56 Å². The minimum atomic E-state index is -0.253. The zero-order valence-corrected chi connectivity index (χ0v) is 16.2. The summed E-state index contributed by atoms with van der Waals surface area (Å²) in [6.07, 6.45) is 1.73. The second kappa shape index (κ2) is 8.03. The number of benzene rings is 2. The van der Waals surface area contributed by atoms with Crippen molar-refractivity contribution in [2.75, 3.05) is 14.2 Å². The Bertz CT molecular complexity index is 929. The quantitative estimate of drug-likeness (QED) is 0.730. The molecule has 0 aliphatic carbocycles. The molecule has 0 bridgehead atoms. The van der Waals surface area contributed by atoms with Crippen LogP contribution in [0.25, 0.3) is 6.08 Å². The molecule has 0 radical (unpaired) electrons. The van der Waals surface area contributed by atoms with Gasteiger partial charge in [-0.05, 0) is 54.2 Å². The van der Waals surface area contributed by atoms with Gasteiger partial charge in [-0.2, -0.15) is 0 Å². The topological polar surface area (TPSA) is 59.9 Å². The maximum atomic E-state index is 12.3. The molecule has 1 N–H and O–H groups in total. The van der Waals surface area contributed by atoms with E-state index < -0.39 is 0 Å². The van der Waals surface area contributed by atoms with Crippen molar-refractivity contribution in [3.63, 3.8) is 0 Å². The van der Waals surface area contributed by atoms with Gasteiger partial charge >= 0.3 is 0 Å². The van der Waals surface area contributed by atoms with Gasteiger partial charge in [0.15, 0.2) is 5.17 Å². The number of rotatable bonds is 4. The normalized spacial score (nSPS) is 16.8. The van der Waals surface area contributed by atoms with Gasteiger partial charge in [-0.15, -0.1) is 0 Å². The standard InChI is InChI=1S/C18H14Cl2N2O3S/c1-24-12-4-6-15(25-2)10(7-12)8-16-17(23)22-18(26-16)21-14-9-11(19)3-5-13(14)20/h3-9H,1-2H3,(H,21,22,23)/b16-8+. The molecule has 1 fully saturated rings. The Morgan fingerprint density at radius 1 is 1.12 bits per heavy atom. The van der Waals surface area contributed by atoms with Crippen molar-refractivity contribution >= 4 is 57.8 Å². The van der Waals surface area contributed by atoms with Crippen LogP contribution in [-0.4, -0.2) is 25.3 Å². The molecule has 3 rings (SSSR count). The van der Waals surface area contributed by atoms with Gasteiger partial charge in [-0.25, -0.2) is 4.99 Å². The molecule has 0 saturated carbocycles. The molecule has 1 heterocycles. The first-order valence-electron chi connectivity index (χ1n) is 7.47. The van der Waals surface area contributed by atoms with Crippen molar-refractivity contribution in [3.8, 4) is 11.5 Å². The Morgan fingerprint density at radius 2 is 1.92 bits per heavy atom. The molecule has 0 spiro atoms. The summed E-state index contributed by atoms with van der Waals surface area (Å²) >= 11 is 13.3. The first-order valence-corrected chi connectivity index (χ1v) is 9.04. The van der Waals surface area contributed by atoms with Gasteiger partial charge in [0, 0.05) is 10.6 Å². The zero-order chi connectivity index (χ0) is 18.7. The van der Waals surface area contributed by atoms with E-state index in [1.807, 2.05) is 0 Å². The molecular formula is C18H14Cl2N2O3S. The number of amidine groups is 1. The number of thioether (sulfide) groups is 1. The lowest BCUT2D eigenvalue weighted by atomic mass is 10.1. The van der Waals surface area contributed by atoms with E-state index in [9.17, 15) is 4.79 Å². The molecule has 0 unspecified atom stereocenters. The lowest BCUT2D eigenvalue weighted by Crippen LogP contribution is -2.19. The van der Waals surface area contributed by atoms with Crippen LogP contribution >= 0.6 is 35.0 Å².